The number of carbonyl (C=O) groups excluding carboxylic acids is 1. The van der Waals surface area contributed by atoms with Crippen molar-refractivity contribution in [2.75, 3.05) is 12.4 Å². The predicted octanol–water partition coefficient (Wildman–Crippen LogP) is 2.89. The van der Waals surface area contributed by atoms with Crippen molar-refractivity contribution in [2.24, 2.45) is 0 Å². The Bertz CT molecular complexity index is 1110. The highest BCUT2D eigenvalue weighted by atomic mass is 16.5. The first kappa shape index (κ1) is 17.4. The van der Waals surface area contributed by atoms with Crippen LogP contribution < -0.4 is 10.1 Å². The lowest BCUT2D eigenvalue weighted by Gasteiger charge is -2.11. The molecule has 3 aromatic heterocycles. The monoisotopic (exact) mass is 376 g/mol. The molecule has 28 heavy (non-hydrogen) atoms. The van der Waals surface area contributed by atoms with Crippen LogP contribution in [0.4, 0.5) is 5.69 Å². The zero-order chi connectivity index (χ0) is 19.5. The van der Waals surface area contributed by atoms with Crippen molar-refractivity contribution in [1.82, 2.24) is 24.9 Å². The second-order valence-corrected chi connectivity index (χ2v) is 5.85. The highest BCUT2D eigenvalue weighted by Crippen LogP contribution is 2.28. The summed E-state index contributed by atoms with van der Waals surface area (Å²) in [6.07, 6.45) is 2.93. The van der Waals surface area contributed by atoms with Crippen molar-refractivity contribution in [2.45, 2.75) is 6.92 Å². The van der Waals surface area contributed by atoms with E-state index >= 15 is 0 Å². The van der Waals surface area contributed by atoms with Crippen LogP contribution in [0.25, 0.3) is 17.1 Å². The lowest BCUT2D eigenvalue weighted by atomic mass is 10.1. The van der Waals surface area contributed by atoms with Gasteiger partial charge in [0.15, 0.2) is 5.82 Å². The van der Waals surface area contributed by atoms with Crippen LogP contribution in [0, 0.1) is 6.92 Å². The van der Waals surface area contributed by atoms with E-state index < -0.39 is 0 Å². The molecule has 0 radical (unpaired) electrons. The summed E-state index contributed by atoms with van der Waals surface area (Å²) in [4.78, 5) is 21.2. The van der Waals surface area contributed by atoms with Gasteiger partial charge in [-0.15, -0.1) is 0 Å². The van der Waals surface area contributed by atoms with Gasteiger partial charge in [-0.2, -0.15) is 10.1 Å². The minimum absolute atomic E-state index is 0.247. The number of amides is 1. The molecule has 140 valence electrons. The SMILES string of the molecule is COc1nc(-n2cncn2)ccc1NC(=O)c1c(-c2ccccc2)noc1C. The number of anilines is 1. The zero-order valence-corrected chi connectivity index (χ0v) is 15.2. The summed E-state index contributed by atoms with van der Waals surface area (Å²) in [5, 5.41) is 10.9. The molecule has 9 heteroatoms. The van der Waals surface area contributed by atoms with Crippen molar-refractivity contribution in [3.05, 3.63) is 66.4 Å². The third kappa shape index (κ3) is 3.20. The second kappa shape index (κ2) is 7.31. The molecule has 0 aliphatic carbocycles. The molecule has 0 bridgehead atoms. The molecule has 1 amide bonds. The van der Waals surface area contributed by atoms with Gasteiger partial charge < -0.3 is 14.6 Å². The van der Waals surface area contributed by atoms with Gasteiger partial charge in [-0.1, -0.05) is 35.5 Å². The van der Waals surface area contributed by atoms with Gasteiger partial charge in [0, 0.05) is 5.56 Å². The normalized spacial score (nSPS) is 10.6. The molecule has 0 aliphatic rings. The molecule has 9 nitrogen and oxygen atoms in total. The van der Waals surface area contributed by atoms with Crippen molar-refractivity contribution in [1.29, 1.82) is 0 Å². The lowest BCUT2D eigenvalue weighted by Crippen LogP contribution is -2.15. The molecule has 4 aromatic rings. The molecule has 1 N–H and O–H groups in total. The van der Waals surface area contributed by atoms with Gasteiger partial charge in [0.05, 0.1) is 7.11 Å². The smallest absolute Gasteiger partial charge is 0.261 e. The fourth-order valence-corrected chi connectivity index (χ4v) is 2.75. The van der Waals surface area contributed by atoms with Gasteiger partial charge in [-0.05, 0) is 19.1 Å². The van der Waals surface area contributed by atoms with Gasteiger partial charge in [0.2, 0.25) is 5.88 Å². The fraction of sp³-hybridized carbons (Fsp3) is 0.105. The number of ether oxygens (including phenoxy) is 1. The van der Waals surface area contributed by atoms with Crippen LogP contribution in [0.15, 0.2) is 59.6 Å². The highest BCUT2D eigenvalue weighted by Gasteiger charge is 2.23. The minimum Gasteiger partial charge on any atom is -0.479 e. The van der Waals surface area contributed by atoms with E-state index in [2.05, 4.69) is 25.5 Å². The third-order valence-electron chi connectivity index (χ3n) is 4.08. The second-order valence-electron chi connectivity index (χ2n) is 5.85. The summed E-state index contributed by atoms with van der Waals surface area (Å²) in [6.45, 7) is 1.69. The largest absolute Gasteiger partial charge is 0.479 e. The number of carbonyl (C=O) groups is 1. The van der Waals surface area contributed by atoms with Crippen molar-refractivity contribution in [3.63, 3.8) is 0 Å². The predicted molar refractivity (Wildman–Crippen MR) is 100 cm³/mol. The number of rotatable bonds is 5. The molecule has 0 saturated carbocycles. The molecule has 0 unspecified atom stereocenters. The van der Waals surface area contributed by atoms with Crippen LogP contribution in [0.1, 0.15) is 16.1 Å². The maximum absolute atomic E-state index is 12.9. The van der Waals surface area contributed by atoms with Crippen LogP contribution >= 0.6 is 0 Å². The van der Waals surface area contributed by atoms with Gasteiger partial charge in [-0.25, -0.2) is 9.67 Å². The van der Waals surface area contributed by atoms with E-state index in [0.717, 1.165) is 5.56 Å². The number of aromatic nitrogens is 5. The molecule has 0 aliphatic heterocycles. The summed E-state index contributed by atoms with van der Waals surface area (Å²) in [7, 11) is 1.48. The van der Waals surface area contributed by atoms with Crippen LogP contribution in [0.3, 0.4) is 0 Å². The summed E-state index contributed by atoms with van der Waals surface area (Å²) < 4.78 is 12.1. The van der Waals surface area contributed by atoms with Gasteiger partial charge in [0.25, 0.3) is 5.91 Å². The van der Waals surface area contributed by atoms with E-state index in [1.807, 2.05) is 30.3 Å². The topological polar surface area (TPSA) is 108 Å². The molecule has 0 saturated heterocycles. The standard InChI is InChI=1S/C19H16N6O3/c1-12-16(17(24-28-12)13-6-4-3-5-7-13)18(26)22-14-8-9-15(23-19(14)27-2)25-11-20-10-21-25/h3-11H,1-2H3,(H,22,26). The molecule has 3 heterocycles. The van der Waals surface area contributed by atoms with Gasteiger partial charge >= 0.3 is 0 Å². The minimum atomic E-state index is -0.369. The Morgan fingerprint density at radius 1 is 1.18 bits per heavy atom. The Kier molecular flexibility index (Phi) is 4.55. The summed E-state index contributed by atoms with van der Waals surface area (Å²) >= 11 is 0. The lowest BCUT2D eigenvalue weighted by molar-refractivity contribution is 0.102. The first-order valence-corrected chi connectivity index (χ1v) is 8.40. The first-order chi connectivity index (χ1) is 13.7. The molecule has 1 aromatic carbocycles. The van der Waals surface area contributed by atoms with Crippen LogP contribution in [0.5, 0.6) is 5.88 Å². The highest BCUT2D eigenvalue weighted by molar-refractivity contribution is 6.09. The summed E-state index contributed by atoms with van der Waals surface area (Å²) in [5.74, 6) is 0.809. The maximum Gasteiger partial charge on any atom is 0.261 e. The number of aryl methyl sites for hydroxylation is 1. The molecule has 0 fully saturated rings. The molecule has 0 spiro atoms. The van der Waals surface area contributed by atoms with Crippen LogP contribution in [-0.2, 0) is 0 Å². The van der Waals surface area contributed by atoms with E-state index in [1.54, 1.807) is 19.1 Å². The average Bonchev–Trinajstić information content (AvgIpc) is 3.39. The van der Waals surface area contributed by atoms with E-state index in [4.69, 9.17) is 9.26 Å². The number of methoxy groups -OCH3 is 1. The number of nitrogens with zero attached hydrogens (tertiary/aromatic N) is 5. The number of hydrogen-bond acceptors (Lipinski definition) is 7. The third-order valence-corrected chi connectivity index (χ3v) is 4.08. The summed E-state index contributed by atoms with van der Waals surface area (Å²) in [6, 6.07) is 12.8. The van der Waals surface area contributed by atoms with Crippen molar-refractivity contribution < 1.29 is 14.1 Å². The molecular weight excluding hydrogens is 360 g/mol. The number of hydrogen-bond donors (Lipinski definition) is 1. The Balaban J connectivity index is 1.65. The first-order valence-electron chi connectivity index (χ1n) is 8.40. The Hall–Kier alpha value is -4.01. The van der Waals surface area contributed by atoms with E-state index in [1.165, 1.54) is 24.4 Å². The van der Waals surface area contributed by atoms with E-state index in [0.29, 0.717) is 28.5 Å². The number of nitrogens with one attached hydrogen (secondary N) is 1. The summed E-state index contributed by atoms with van der Waals surface area (Å²) in [5.41, 5.74) is 2.03. The number of benzene rings is 1. The van der Waals surface area contributed by atoms with E-state index in [9.17, 15) is 4.79 Å². The van der Waals surface area contributed by atoms with E-state index in [-0.39, 0.29) is 11.8 Å². The van der Waals surface area contributed by atoms with Gasteiger partial charge in [-0.3, -0.25) is 4.79 Å². The average molecular weight is 376 g/mol. The number of pyridine rings is 1. The Morgan fingerprint density at radius 2 is 2.00 bits per heavy atom. The maximum atomic E-state index is 12.9. The Morgan fingerprint density at radius 3 is 2.71 bits per heavy atom. The molecule has 0 atom stereocenters. The van der Waals surface area contributed by atoms with Crippen molar-refractivity contribution >= 4 is 11.6 Å². The van der Waals surface area contributed by atoms with Crippen LogP contribution in [0.2, 0.25) is 0 Å². The quantitative estimate of drug-likeness (QED) is 0.570. The molecule has 4 rings (SSSR count). The van der Waals surface area contributed by atoms with Gasteiger partial charge in [0.1, 0.15) is 35.4 Å². The van der Waals surface area contributed by atoms with Crippen molar-refractivity contribution in [3.8, 4) is 23.0 Å². The fourth-order valence-electron chi connectivity index (χ4n) is 2.75. The Labute approximate surface area is 160 Å². The molecular formula is C19H16N6O3. The van der Waals surface area contributed by atoms with Crippen LogP contribution in [-0.4, -0.2) is 37.9 Å². The zero-order valence-electron chi connectivity index (χ0n) is 15.2.